The third kappa shape index (κ3) is 1.48. The lowest BCUT2D eigenvalue weighted by atomic mass is 10.1. The predicted octanol–water partition coefficient (Wildman–Crippen LogP) is 1.63. The summed E-state index contributed by atoms with van der Waals surface area (Å²) in [6.45, 7) is 0. The number of carbonyl (C=O) groups is 1. The molecule has 0 N–H and O–H groups in total. The van der Waals surface area contributed by atoms with Gasteiger partial charge in [-0.2, -0.15) is 0 Å². The first-order valence-electron chi connectivity index (χ1n) is 4.33. The largest absolute Gasteiger partial charge is 0.474 e. The van der Waals surface area contributed by atoms with Crippen molar-refractivity contribution in [3.05, 3.63) is 35.9 Å². The fourth-order valence-corrected chi connectivity index (χ4v) is 1.34. The lowest BCUT2D eigenvalue weighted by molar-refractivity contribution is -0.146. The first-order chi connectivity index (χ1) is 6.81. The van der Waals surface area contributed by atoms with Crippen LogP contribution in [0.1, 0.15) is 5.56 Å². The maximum absolute atomic E-state index is 11.2. The van der Waals surface area contributed by atoms with Gasteiger partial charge in [0.15, 0.2) is 0 Å². The summed E-state index contributed by atoms with van der Waals surface area (Å²) in [5.74, 6) is 0.334. The van der Waals surface area contributed by atoms with E-state index in [4.69, 9.17) is 4.74 Å². The molecule has 0 spiro atoms. The van der Waals surface area contributed by atoms with E-state index in [2.05, 4.69) is 4.74 Å². The zero-order chi connectivity index (χ0) is 9.97. The summed E-state index contributed by atoms with van der Waals surface area (Å²) in [5, 5.41) is 0. The van der Waals surface area contributed by atoms with Crippen LogP contribution < -0.4 is 4.74 Å². The molecule has 1 aliphatic heterocycles. The Labute approximate surface area is 81.9 Å². The topological polar surface area (TPSA) is 35.5 Å². The van der Waals surface area contributed by atoms with Gasteiger partial charge >= 0.3 is 5.97 Å². The number of carbonyl (C=O) groups excluding carboxylic acids is 1. The number of esters is 1. The minimum absolute atomic E-state index is 0.379. The Morgan fingerprint density at radius 1 is 1.43 bits per heavy atom. The standard InChI is InChI=1S/C11H10O3/c1-13-11(12)10-7-6-8-4-2-3-5-9(8)14-10/h2-7,10H,1H3. The first-order valence-corrected chi connectivity index (χ1v) is 4.33. The van der Waals surface area contributed by atoms with Crippen LogP contribution in [0.25, 0.3) is 6.08 Å². The van der Waals surface area contributed by atoms with Crippen LogP contribution in [0.2, 0.25) is 0 Å². The highest BCUT2D eigenvalue weighted by Gasteiger charge is 2.21. The van der Waals surface area contributed by atoms with Crippen molar-refractivity contribution < 1.29 is 14.3 Å². The van der Waals surface area contributed by atoms with E-state index in [1.54, 1.807) is 6.08 Å². The summed E-state index contributed by atoms with van der Waals surface area (Å²) >= 11 is 0. The summed E-state index contributed by atoms with van der Waals surface area (Å²) < 4.78 is 10.0. The van der Waals surface area contributed by atoms with Crippen molar-refractivity contribution in [2.24, 2.45) is 0 Å². The molecule has 1 unspecified atom stereocenters. The summed E-state index contributed by atoms with van der Waals surface area (Å²) in [4.78, 5) is 11.2. The maximum Gasteiger partial charge on any atom is 0.351 e. The van der Waals surface area contributed by atoms with Gasteiger partial charge in [-0.15, -0.1) is 0 Å². The molecular formula is C11H10O3. The molecular weight excluding hydrogens is 180 g/mol. The average molecular weight is 190 g/mol. The van der Waals surface area contributed by atoms with Gasteiger partial charge in [0.2, 0.25) is 6.10 Å². The summed E-state index contributed by atoms with van der Waals surface area (Å²) in [6.07, 6.45) is 2.93. The second kappa shape index (κ2) is 3.54. The minimum Gasteiger partial charge on any atom is -0.474 e. The van der Waals surface area contributed by atoms with E-state index in [1.165, 1.54) is 7.11 Å². The second-order valence-electron chi connectivity index (χ2n) is 2.96. The fourth-order valence-electron chi connectivity index (χ4n) is 1.34. The van der Waals surface area contributed by atoms with Crippen molar-refractivity contribution >= 4 is 12.0 Å². The molecule has 0 amide bonds. The Morgan fingerprint density at radius 3 is 3.00 bits per heavy atom. The van der Waals surface area contributed by atoms with Gasteiger partial charge in [0.25, 0.3) is 0 Å². The molecule has 0 saturated carbocycles. The number of para-hydroxylation sites is 1. The molecule has 0 radical (unpaired) electrons. The number of fused-ring (bicyclic) bond motifs is 1. The van der Waals surface area contributed by atoms with Crippen molar-refractivity contribution in [2.45, 2.75) is 6.10 Å². The highest BCUT2D eigenvalue weighted by atomic mass is 16.6. The van der Waals surface area contributed by atoms with Crippen LogP contribution in [-0.2, 0) is 9.53 Å². The first kappa shape index (κ1) is 8.81. The van der Waals surface area contributed by atoms with E-state index in [0.717, 1.165) is 5.56 Å². The zero-order valence-corrected chi connectivity index (χ0v) is 7.77. The summed E-state index contributed by atoms with van der Waals surface area (Å²) in [6, 6.07) is 7.55. The maximum atomic E-state index is 11.2. The molecule has 0 aliphatic carbocycles. The van der Waals surface area contributed by atoms with Crippen LogP contribution in [0.15, 0.2) is 30.3 Å². The molecule has 1 atom stereocenters. The van der Waals surface area contributed by atoms with Crippen molar-refractivity contribution in [2.75, 3.05) is 7.11 Å². The van der Waals surface area contributed by atoms with Gasteiger partial charge in [-0.05, 0) is 12.1 Å². The molecule has 1 heterocycles. The van der Waals surface area contributed by atoms with E-state index in [1.807, 2.05) is 30.3 Å². The molecule has 0 aromatic heterocycles. The van der Waals surface area contributed by atoms with E-state index in [0.29, 0.717) is 5.75 Å². The minimum atomic E-state index is -0.616. The van der Waals surface area contributed by atoms with Gasteiger partial charge in [-0.25, -0.2) is 4.79 Å². The Kier molecular flexibility index (Phi) is 2.23. The monoisotopic (exact) mass is 190 g/mol. The molecule has 72 valence electrons. The molecule has 1 aromatic rings. The van der Waals surface area contributed by atoms with Crippen LogP contribution >= 0.6 is 0 Å². The van der Waals surface area contributed by atoms with Crippen molar-refractivity contribution in [3.8, 4) is 5.75 Å². The van der Waals surface area contributed by atoms with Gasteiger partial charge in [0, 0.05) is 5.56 Å². The molecule has 3 heteroatoms. The van der Waals surface area contributed by atoms with Gasteiger partial charge < -0.3 is 9.47 Å². The number of rotatable bonds is 1. The quantitative estimate of drug-likeness (QED) is 0.631. The highest BCUT2D eigenvalue weighted by molar-refractivity contribution is 5.80. The fraction of sp³-hybridized carbons (Fsp3) is 0.182. The molecule has 2 rings (SSSR count). The van der Waals surface area contributed by atoms with E-state index < -0.39 is 6.10 Å². The third-order valence-electron chi connectivity index (χ3n) is 2.06. The average Bonchev–Trinajstić information content (AvgIpc) is 2.27. The van der Waals surface area contributed by atoms with Crippen molar-refractivity contribution in [3.63, 3.8) is 0 Å². The smallest absolute Gasteiger partial charge is 0.351 e. The molecule has 1 aliphatic rings. The van der Waals surface area contributed by atoms with Crippen LogP contribution in [0.4, 0.5) is 0 Å². The van der Waals surface area contributed by atoms with Gasteiger partial charge in [0.1, 0.15) is 5.75 Å². The number of ether oxygens (including phenoxy) is 2. The van der Waals surface area contributed by atoms with Crippen molar-refractivity contribution in [1.82, 2.24) is 0 Å². The SMILES string of the molecule is COC(=O)C1C=Cc2ccccc2O1. The molecule has 14 heavy (non-hydrogen) atoms. The van der Waals surface area contributed by atoms with Crippen LogP contribution in [-0.4, -0.2) is 19.2 Å². The highest BCUT2D eigenvalue weighted by Crippen LogP contribution is 2.25. The Balaban J connectivity index is 2.25. The van der Waals surface area contributed by atoms with Gasteiger partial charge in [0.05, 0.1) is 7.11 Å². The third-order valence-corrected chi connectivity index (χ3v) is 2.06. The normalized spacial score (nSPS) is 18.2. The zero-order valence-electron chi connectivity index (χ0n) is 7.77. The lowest BCUT2D eigenvalue weighted by Crippen LogP contribution is -2.28. The number of hydrogen-bond acceptors (Lipinski definition) is 3. The van der Waals surface area contributed by atoms with Crippen LogP contribution in [0, 0.1) is 0 Å². The number of hydrogen-bond donors (Lipinski definition) is 0. The van der Waals surface area contributed by atoms with E-state index in [9.17, 15) is 4.79 Å². The Bertz CT molecular complexity index is 382. The molecule has 3 nitrogen and oxygen atoms in total. The molecule has 0 fully saturated rings. The number of benzene rings is 1. The van der Waals surface area contributed by atoms with Crippen LogP contribution in [0.3, 0.4) is 0 Å². The van der Waals surface area contributed by atoms with E-state index >= 15 is 0 Å². The Morgan fingerprint density at radius 2 is 2.21 bits per heavy atom. The number of methoxy groups -OCH3 is 1. The summed E-state index contributed by atoms with van der Waals surface area (Å²) in [7, 11) is 1.35. The predicted molar refractivity (Wildman–Crippen MR) is 51.9 cm³/mol. The Hall–Kier alpha value is -1.77. The second-order valence-corrected chi connectivity index (χ2v) is 2.96. The van der Waals surface area contributed by atoms with Gasteiger partial charge in [-0.3, -0.25) is 0 Å². The molecule has 0 saturated heterocycles. The molecule has 0 bridgehead atoms. The van der Waals surface area contributed by atoms with E-state index in [-0.39, 0.29) is 5.97 Å². The van der Waals surface area contributed by atoms with Crippen LogP contribution in [0.5, 0.6) is 5.75 Å². The summed E-state index contributed by atoms with van der Waals surface area (Å²) in [5.41, 5.74) is 0.979. The molecule has 1 aromatic carbocycles. The van der Waals surface area contributed by atoms with Gasteiger partial charge in [-0.1, -0.05) is 24.3 Å². The van der Waals surface area contributed by atoms with Crippen molar-refractivity contribution in [1.29, 1.82) is 0 Å². The lowest BCUT2D eigenvalue weighted by Gasteiger charge is -2.18.